The van der Waals surface area contributed by atoms with Gasteiger partial charge in [-0.2, -0.15) is 0 Å². The maximum atomic E-state index is 12.0. The number of rotatable bonds is 3. The van der Waals surface area contributed by atoms with Crippen molar-refractivity contribution in [1.29, 1.82) is 0 Å². The highest BCUT2D eigenvalue weighted by Crippen LogP contribution is 2.25. The Balaban J connectivity index is 1.99. The largest absolute Gasteiger partial charge is 0.385 e. The van der Waals surface area contributed by atoms with Crippen LogP contribution in [0.15, 0.2) is 18.2 Å². The first kappa shape index (κ1) is 14.3. The molecule has 1 aromatic rings. The molecular weight excluding hydrogens is 266 g/mol. The molecule has 4 nitrogen and oxygen atoms in total. The third-order valence-corrected chi connectivity index (χ3v) is 4.06. The molecule has 0 aromatic heterocycles. The zero-order valence-electron chi connectivity index (χ0n) is 11.1. The summed E-state index contributed by atoms with van der Waals surface area (Å²) >= 11 is 5.92. The lowest BCUT2D eigenvalue weighted by atomic mass is 9.96. The van der Waals surface area contributed by atoms with Gasteiger partial charge < -0.3 is 15.2 Å². The zero-order valence-corrected chi connectivity index (χ0v) is 11.8. The minimum Gasteiger partial charge on any atom is -0.385 e. The molecule has 104 valence electrons. The Labute approximate surface area is 117 Å². The van der Waals surface area contributed by atoms with Gasteiger partial charge in [-0.1, -0.05) is 11.6 Å². The molecule has 2 atom stereocenters. The summed E-state index contributed by atoms with van der Waals surface area (Å²) in [6.45, 7) is 4.37. The molecule has 1 heterocycles. The van der Waals surface area contributed by atoms with Crippen LogP contribution in [0.5, 0.6) is 0 Å². The number of hydrogen-bond acceptors (Lipinski definition) is 3. The Kier molecular flexibility index (Phi) is 4.13. The second-order valence-corrected chi connectivity index (χ2v) is 5.42. The van der Waals surface area contributed by atoms with Crippen LogP contribution in [0.1, 0.15) is 29.3 Å². The Morgan fingerprint density at radius 3 is 2.95 bits per heavy atom. The molecule has 1 saturated heterocycles. The lowest BCUT2D eigenvalue weighted by molar-refractivity contribution is -0.0251. The number of carbonyl (C=O) groups excluding carboxylic acids is 1. The number of amides is 1. The van der Waals surface area contributed by atoms with E-state index in [0.717, 1.165) is 5.56 Å². The van der Waals surface area contributed by atoms with Crippen LogP contribution in [0.25, 0.3) is 0 Å². The number of hydrogen-bond donors (Lipinski definition) is 2. The first-order valence-corrected chi connectivity index (χ1v) is 6.68. The molecular formula is C14H18ClNO3. The SMILES string of the molecule is Cc1cc(C(=O)NCC2(O)CCOC2C)ccc1Cl. The van der Waals surface area contributed by atoms with Crippen LogP contribution in [0.4, 0.5) is 0 Å². The van der Waals surface area contributed by atoms with Crippen molar-refractivity contribution < 1.29 is 14.6 Å². The summed E-state index contributed by atoms with van der Waals surface area (Å²) in [7, 11) is 0. The molecule has 0 aliphatic carbocycles. The van der Waals surface area contributed by atoms with Crippen LogP contribution in [0, 0.1) is 6.92 Å². The van der Waals surface area contributed by atoms with Crippen molar-refractivity contribution >= 4 is 17.5 Å². The monoisotopic (exact) mass is 283 g/mol. The fourth-order valence-corrected chi connectivity index (χ4v) is 2.24. The van der Waals surface area contributed by atoms with Gasteiger partial charge in [-0.3, -0.25) is 4.79 Å². The van der Waals surface area contributed by atoms with Gasteiger partial charge in [-0.15, -0.1) is 0 Å². The van der Waals surface area contributed by atoms with E-state index in [9.17, 15) is 9.90 Å². The summed E-state index contributed by atoms with van der Waals surface area (Å²) < 4.78 is 5.32. The third-order valence-electron chi connectivity index (χ3n) is 3.63. The smallest absolute Gasteiger partial charge is 0.251 e. The fourth-order valence-electron chi connectivity index (χ4n) is 2.12. The molecule has 1 aliphatic rings. The van der Waals surface area contributed by atoms with E-state index in [-0.39, 0.29) is 18.6 Å². The fraction of sp³-hybridized carbons (Fsp3) is 0.500. The van der Waals surface area contributed by atoms with Crippen molar-refractivity contribution in [3.8, 4) is 0 Å². The van der Waals surface area contributed by atoms with Gasteiger partial charge in [-0.05, 0) is 37.6 Å². The van der Waals surface area contributed by atoms with E-state index in [1.807, 2.05) is 13.8 Å². The zero-order chi connectivity index (χ0) is 14.0. The average molecular weight is 284 g/mol. The molecule has 2 unspecified atom stereocenters. The first-order valence-electron chi connectivity index (χ1n) is 6.31. The topological polar surface area (TPSA) is 58.6 Å². The average Bonchev–Trinajstić information content (AvgIpc) is 2.71. The van der Waals surface area contributed by atoms with E-state index in [1.165, 1.54) is 0 Å². The van der Waals surface area contributed by atoms with Gasteiger partial charge in [0.05, 0.1) is 6.10 Å². The number of nitrogens with one attached hydrogen (secondary N) is 1. The number of benzene rings is 1. The van der Waals surface area contributed by atoms with E-state index >= 15 is 0 Å². The summed E-state index contributed by atoms with van der Waals surface area (Å²) in [6.07, 6.45) is 0.272. The van der Waals surface area contributed by atoms with Crippen molar-refractivity contribution in [2.45, 2.75) is 32.0 Å². The maximum Gasteiger partial charge on any atom is 0.251 e. The van der Waals surface area contributed by atoms with Crippen molar-refractivity contribution in [3.63, 3.8) is 0 Å². The van der Waals surface area contributed by atoms with Crippen LogP contribution in [-0.2, 0) is 4.74 Å². The normalized spacial score (nSPS) is 26.4. The molecule has 19 heavy (non-hydrogen) atoms. The van der Waals surface area contributed by atoms with Gasteiger partial charge >= 0.3 is 0 Å². The Morgan fingerprint density at radius 1 is 1.63 bits per heavy atom. The first-order chi connectivity index (χ1) is 8.92. The minimum absolute atomic E-state index is 0.189. The molecule has 0 spiro atoms. The summed E-state index contributed by atoms with van der Waals surface area (Å²) in [5.74, 6) is -0.215. The number of aliphatic hydroxyl groups is 1. The van der Waals surface area contributed by atoms with Crippen LogP contribution >= 0.6 is 11.6 Å². The molecule has 1 aromatic carbocycles. The summed E-state index contributed by atoms with van der Waals surface area (Å²) in [5.41, 5.74) is 0.416. The molecule has 1 amide bonds. The molecule has 0 radical (unpaired) electrons. The Bertz CT molecular complexity index is 492. The lowest BCUT2D eigenvalue weighted by Crippen LogP contribution is -2.47. The van der Waals surface area contributed by atoms with Crippen LogP contribution in [0.2, 0.25) is 5.02 Å². The van der Waals surface area contributed by atoms with Gasteiger partial charge in [0.2, 0.25) is 0 Å². The van der Waals surface area contributed by atoms with Crippen molar-refractivity contribution in [2.24, 2.45) is 0 Å². The standard InChI is InChI=1S/C14H18ClNO3/c1-9-7-11(3-4-12(9)15)13(17)16-8-14(18)5-6-19-10(14)2/h3-4,7,10,18H,5-6,8H2,1-2H3,(H,16,17). The van der Waals surface area contributed by atoms with Gasteiger partial charge in [0, 0.05) is 30.2 Å². The van der Waals surface area contributed by atoms with Crippen LogP contribution < -0.4 is 5.32 Å². The van der Waals surface area contributed by atoms with Crippen LogP contribution in [-0.4, -0.2) is 35.9 Å². The Hall–Kier alpha value is -1.10. The highest BCUT2D eigenvalue weighted by Gasteiger charge is 2.39. The van der Waals surface area contributed by atoms with Gasteiger partial charge in [0.25, 0.3) is 5.91 Å². The van der Waals surface area contributed by atoms with E-state index in [0.29, 0.717) is 23.6 Å². The summed E-state index contributed by atoms with van der Waals surface area (Å²) in [5, 5.41) is 13.7. The number of halogens is 1. The van der Waals surface area contributed by atoms with E-state index in [4.69, 9.17) is 16.3 Å². The number of ether oxygens (including phenoxy) is 1. The molecule has 0 bridgehead atoms. The highest BCUT2D eigenvalue weighted by molar-refractivity contribution is 6.31. The van der Waals surface area contributed by atoms with Gasteiger partial charge in [0.1, 0.15) is 5.60 Å². The molecule has 1 fully saturated rings. The van der Waals surface area contributed by atoms with Crippen molar-refractivity contribution in [3.05, 3.63) is 34.3 Å². The lowest BCUT2D eigenvalue weighted by Gasteiger charge is -2.26. The molecule has 5 heteroatoms. The summed E-state index contributed by atoms with van der Waals surface area (Å²) in [6, 6.07) is 5.10. The van der Waals surface area contributed by atoms with Crippen LogP contribution in [0.3, 0.4) is 0 Å². The third kappa shape index (κ3) is 3.08. The van der Waals surface area contributed by atoms with Crippen molar-refractivity contribution in [1.82, 2.24) is 5.32 Å². The van der Waals surface area contributed by atoms with E-state index < -0.39 is 5.60 Å². The van der Waals surface area contributed by atoms with E-state index in [2.05, 4.69) is 5.32 Å². The highest BCUT2D eigenvalue weighted by atomic mass is 35.5. The molecule has 0 saturated carbocycles. The molecule has 2 N–H and O–H groups in total. The summed E-state index contributed by atoms with van der Waals surface area (Å²) in [4.78, 5) is 12.0. The van der Waals surface area contributed by atoms with Gasteiger partial charge in [0.15, 0.2) is 0 Å². The molecule has 1 aliphatic heterocycles. The van der Waals surface area contributed by atoms with Crippen molar-refractivity contribution in [2.75, 3.05) is 13.2 Å². The maximum absolute atomic E-state index is 12.0. The second-order valence-electron chi connectivity index (χ2n) is 5.01. The van der Waals surface area contributed by atoms with E-state index in [1.54, 1.807) is 18.2 Å². The Morgan fingerprint density at radius 2 is 2.37 bits per heavy atom. The number of carbonyl (C=O) groups is 1. The minimum atomic E-state index is -0.975. The number of aryl methyl sites for hydroxylation is 1. The predicted octanol–water partition coefficient (Wildman–Crippen LogP) is 1.92. The predicted molar refractivity (Wildman–Crippen MR) is 73.5 cm³/mol. The quantitative estimate of drug-likeness (QED) is 0.891. The van der Waals surface area contributed by atoms with Gasteiger partial charge in [-0.25, -0.2) is 0 Å². The second kappa shape index (κ2) is 5.49. The molecule has 2 rings (SSSR count).